The van der Waals surface area contributed by atoms with Gasteiger partial charge in [-0.3, -0.25) is 29.8 Å². The normalized spacial score (nSPS) is 13.6. The van der Waals surface area contributed by atoms with Crippen molar-refractivity contribution in [1.29, 1.82) is 0 Å². The molecule has 338 valence electrons. The Morgan fingerprint density at radius 3 is 2.17 bits per heavy atom. The van der Waals surface area contributed by atoms with Gasteiger partial charge in [-0.1, -0.05) is 103 Å². The summed E-state index contributed by atoms with van der Waals surface area (Å²) in [7, 11) is -4.62. The van der Waals surface area contributed by atoms with Crippen molar-refractivity contribution in [2.45, 2.75) is 60.9 Å². The number of nitrogens with one attached hydrogen (secondary N) is 4. The van der Waals surface area contributed by atoms with E-state index in [-0.39, 0.29) is 47.4 Å². The predicted octanol–water partition coefficient (Wildman–Crippen LogP) is 8.36. The van der Waals surface area contributed by atoms with Crippen LogP contribution in [0.4, 0.5) is 17.1 Å². The number of hydroxylamine groups is 1. The molecule has 14 nitrogen and oxygen atoms in total. The third-order valence-corrected chi connectivity index (χ3v) is 13.9. The molecule has 0 aromatic heterocycles. The Labute approximate surface area is 383 Å². The second kappa shape index (κ2) is 24.0. The Morgan fingerprint density at radius 2 is 1.48 bits per heavy atom. The third-order valence-electron chi connectivity index (χ3n) is 11.0. The van der Waals surface area contributed by atoms with Crippen LogP contribution < -0.4 is 25.7 Å². The number of benzene rings is 5. The molecule has 0 unspecified atom stereocenters. The summed E-state index contributed by atoms with van der Waals surface area (Å²) >= 11 is 8.40. The molecule has 5 aromatic rings. The summed E-state index contributed by atoms with van der Waals surface area (Å²) < 4.78 is 30.6. The van der Waals surface area contributed by atoms with E-state index in [0.29, 0.717) is 49.8 Å². The van der Waals surface area contributed by atoms with Crippen molar-refractivity contribution in [3.05, 3.63) is 148 Å². The van der Waals surface area contributed by atoms with Crippen molar-refractivity contribution in [3.63, 3.8) is 0 Å². The van der Waals surface area contributed by atoms with E-state index in [2.05, 4.69) is 20.3 Å². The molecule has 2 amide bonds. The fourth-order valence-electron chi connectivity index (χ4n) is 7.65. The van der Waals surface area contributed by atoms with E-state index in [0.717, 1.165) is 47.4 Å². The lowest BCUT2D eigenvalue weighted by molar-refractivity contribution is -0.383. The number of hydrogen-bond donors (Lipinski definition) is 5. The summed E-state index contributed by atoms with van der Waals surface area (Å²) in [5.41, 5.74) is 4.46. The molecule has 17 heteroatoms. The highest BCUT2D eigenvalue weighted by molar-refractivity contribution is 7.99. The van der Waals surface area contributed by atoms with Crippen molar-refractivity contribution in [2.24, 2.45) is 0 Å². The van der Waals surface area contributed by atoms with Gasteiger partial charge >= 0.3 is 5.69 Å². The first-order valence-electron chi connectivity index (χ1n) is 21.4. The standard InChI is InChI=1S/C47H54ClN7O7S2/c48-41-22-14-21-39(35-15-6-3-7-16-35)40(41)33-53-29-31-54(32-30-53)46-43(64(61,62)52-47(57)36-17-8-4-9-18-36)25-24-42(45(46)55(59)60)50-37(34-63-38-19-10-5-11-20-38)26-28-49-27-13-2-1-12-23-44(56)51-58/h3-11,14-22,24-25,37,49-50,58H,1-2,12-13,23,26-34H2,(H,51,56)(H,52,57)/t37-/m1/s1. The lowest BCUT2D eigenvalue weighted by Crippen LogP contribution is -2.47. The number of anilines is 2. The molecule has 1 atom stereocenters. The predicted molar refractivity (Wildman–Crippen MR) is 254 cm³/mol. The number of sulfonamides is 1. The summed E-state index contributed by atoms with van der Waals surface area (Å²) in [5, 5.41) is 29.5. The van der Waals surface area contributed by atoms with Crippen LogP contribution in [0.3, 0.4) is 0 Å². The van der Waals surface area contributed by atoms with Crippen LogP contribution in [0.5, 0.6) is 0 Å². The highest BCUT2D eigenvalue weighted by Crippen LogP contribution is 2.42. The van der Waals surface area contributed by atoms with Crippen molar-refractivity contribution in [1.82, 2.24) is 20.4 Å². The fourth-order valence-corrected chi connectivity index (χ4v) is 10.1. The van der Waals surface area contributed by atoms with E-state index in [1.165, 1.54) is 24.3 Å². The minimum Gasteiger partial charge on any atom is -0.376 e. The molecule has 1 heterocycles. The molecule has 6 rings (SSSR count). The third kappa shape index (κ3) is 13.5. The molecule has 0 aliphatic carbocycles. The molecule has 64 heavy (non-hydrogen) atoms. The highest BCUT2D eigenvalue weighted by atomic mass is 35.5. The molecule has 1 fully saturated rings. The number of nitro groups is 1. The second-order valence-corrected chi connectivity index (χ2v) is 18.6. The number of halogens is 1. The molecule has 0 radical (unpaired) electrons. The molecule has 0 bridgehead atoms. The lowest BCUT2D eigenvalue weighted by atomic mass is 9.99. The largest absolute Gasteiger partial charge is 0.376 e. The first-order chi connectivity index (χ1) is 31.0. The van der Waals surface area contributed by atoms with Gasteiger partial charge in [-0.2, -0.15) is 0 Å². The van der Waals surface area contributed by atoms with E-state index in [9.17, 15) is 28.1 Å². The van der Waals surface area contributed by atoms with Gasteiger partial charge in [0.2, 0.25) is 5.91 Å². The zero-order valence-corrected chi connectivity index (χ0v) is 37.8. The first-order valence-corrected chi connectivity index (χ1v) is 24.2. The molecular formula is C47H54ClN7O7S2. The van der Waals surface area contributed by atoms with Gasteiger partial charge in [0.15, 0.2) is 0 Å². The number of unbranched alkanes of at least 4 members (excludes halogenated alkanes) is 3. The van der Waals surface area contributed by atoms with E-state index in [1.807, 2.05) is 78.9 Å². The van der Waals surface area contributed by atoms with Crippen molar-refractivity contribution in [3.8, 4) is 11.1 Å². The number of piperazine rings is 1. The average molecular weight is 929 g/mol. The van der Waals surface area contributed by atoms with Crippen molar-refractivity contribution >= 4 is 62.3 Å². The number of amides is 2. The summed E-state index contributed by atoms with van der Waals surface area (Å²) in [6, 6.07) is 36.0. The van der Waals surface area contributed by atoms with Crippen LogP contribution in [0.15, 0.2) is 131 Å². The van der Waals surface area contributed by atoms with E-state index in [1.54, 1.807) is 40.3 Å². The van der Waals surface area contributed by atoms with Gasteiger partial charge in [0, 0.05) is 66.4 Å². The zero-order valence-electron chi connectivity index (χ0n) is 35.5. The number of nitrogens with zero attached hydrogens (tertiary/aromatic N) is 3. The maximum absolute atomic E-state index is 14.2. The van der Waals surface area contributed by atoms with Crippen molar-refractivity contribution in [2.75, 3.05) is 55.2 Å². The van der Waals surface area contributed by atoms with Gasteiger partial charge in [-0.15, -0.1) is 11.8 Å². The molecule has 1 aliphatic rings. The molecule has 1 saturated heterocycles. The monoisotopic (exact) mass is 927 g/mol. The number of carbonyl (C=O) groups excluding carboxylic acids is 2. The minimum absolute atomic E-state index is 0.0882. The van der Waals surface area contributed by atoms with Crippen LogP contribution in [-0.4, -0.2) is 86.3 Å². The first kappa shape index (κ1) is 48.0. The SMILES string of the molecule is O=C(CCCCCCNCC[C@H](CSc1ccccc1)Nc1ccc(S(=O)(=O)NC(=O)c2ccccc2)c(N2CCN(Cc3c(Cl)cccc3-c3ccccc3)CC2)c1[N+](=O)[O-])NO. The Morgan fingerprint density at radius 1 is 0.812 bits per heavy atom. The fraction of sp³-hybridized carbons (Fsp3) is 0.319. The van der Waals surface area contributed by atoms with E-state index >= 15 is 0 Å². The van der Waals surface area contributed by atoms with Gasteiger partial charge < -0.3 is 15.5 Å². The maximum Gasteiger partial charge on any atom is 0.316 e. The molecule has 0 saturated carbocycles. The number of rotatable bonds is 23. The van der Waals surface area contributed by atoms with Gasteiger partial charge in [0.05, 0.1) is 4.92 Å². The van der Waals surface area contributed by atoms with Gasteiger partial charge in [0.25, 0.3) is 15.9 Å². The quantitative estimate of drug-likeness (QED) is 0.0139. The van der Waals surface area contributed by atoms with Crippen LogP contribution in [-0.2, 0) is 21.4 Å². The van der Waals surface area contributed by atoms with Crippen LogP contribution in [0.25, 0.3) is 11.1 Å². The maximum atomic E-state index is 14.2. The van der Waals surface area contributed by atoms with Crippen LogP contribution >= 0.6 is 23.4 Å². The zero-order chi connectivity index (χ0) is 45.3. The Bertz CT molecular complexity index is 2430. The number of nitro benzene ring substituents is 1. The van der Waals surface area contributed by atoms with Crippen LogP contribution in [0.2, 0.25) is 5.02 Å². The summed E-state index contributed by atoms with van der Waals surface area (Å²) in [4.78, 5) is 41.9. The lowest BCUT2D eigenvalue weighted by Gasteiger charge is -2.37. The average Bonchev–Trinajstić information content (AvgIpc) is 3.31. The van der Waals surface area contributed by atoms with Gasteiger partial charge in [-0.25, -0.2) is 18.6 Å². The van der Waals surface area contributed by atoms with Crippen molar-refractivity contribution < 1.29 is 28.1 Å². The molecule has 0 spiro atoms. The summed E-state index contributed by atoms with van der Waals surface area (Å²) in [5.74, 6) is -0.687. The topological polar surface area (TPSA) is 186 Å². The Balaban J connectivity index is 1.25. The minimum atomic E-state index is -4.62. The van der Waals surface area contributed by atoms with Gasteiger partial charge in [0.1, 0.15) is 16.3 Å². The number of carbonyl (C=O) groups is 2. The smallest absolute Gasteiger partial charge is 0.316 e. The molecule has 1 aliphatic heterocycles. The second-order valence-electron chi connectivity index (χ2n) is 15.5. The van der Waals surface area contributed by atoms with Gasteiger partial charge in [-0.05, 0) is 91.5 Å². The molecule has 5 aromatic carbocycles. The Hall–Kier alpha value is -5.49. The summed E-state index contributed by atoms with van der Waals surface area (Å²) in [6.07, 6.45) is 4.21. The summed E-state index contributed by atoms with van der Waals surface area (Å²) in [6.45, 7) is 3.28. The molecule has 5 N–H and O–H groups in total. The van der Waals surface area contributed by atoms with Crippen LogP contribution in [0.1, 0.15) is 54.4 Å². The van der Waals surface area contributed by atoms with Crippen LogP contribution in [0, 0.1) is 10.1 Å². The van der Waals surface area contributed by atoms with E-state index < -0.39 is 32.4 Å². The Kier molecular flexibility index (Phi) is 18.0. The van der Waals surface area contributed by atoms with E-state index in [4.69, 9.17) is 16.8 Å². The highest BCUT2D eigenvalue weighted by Gasteiger charge is 2.36. The molecular weight excluding hydrogens is 874 g/mol. The number of hydrogen-bond acceptors (Lipinski definition) is 12. The number of thioether (sulfide) groups is 1.